The zero-order valence-corrected chi connectivity index (χ0v) is 19.7. The molecule has 2 aromatic rings. The van der Waals surface area contributed by atoms with Crippen LogP contribution in [0.25, 0.3) is 0 Å². The minimum Gasteiger partial charge on any atom is -0.488 e. The first kappa shape index (κ1) is 25.5. The number of fused-ring (bicyclic) bond motifs is 1. The highest BCUT2D eigenvalue weighted by molar-refractivity contribution is 6.09. The molecule has 186 valence electrons. The largest absolute Gasteiger partial charge is 0.488 e. The third kappa shape index (κ3) is 5.87. The van der Waals surface area contributed by atoms with Crippen molar-refractivity contribution in [1.82, 2.24) is 15.5 Å². The van der Waals surface area contributed by atoms with E-state index in [2.05, 4.69) is 10.6 Å². The number of aliphatic hydroxyl groups excluding tert-OH is 1. The van der Waals surface area contributed by atoms with Crippen molar-refractivity contribution in [2.75, 3.05) is 20.7 Å². The lowest BCUT2D eigenvalue weighted by atomic mass is 10.1. The molecule has 0 fully saturated rings. The normalized spacial score (nSPS) is 15.8. The van der Waals surface area contributed by atoms with Gasteiger partial charge in [0.25, 0.3) is 11.8 Å². The number of hydrogen-bond acceptors (Lipinski definition) is 8. The van der Waals surface area contributed by atoms with Crippen LogP contribution in [0.3, 0.4) is 0 Å². The molecule has 3 rings (SSSR count). The van der Waals surface area contributed by atoms with E-state index in [1.165, 1.54) is 47.5 Å². The summed E-state index contributed by atoms with van der Waals surface area (Å²) in [5, 5.41) is 22.3. The number of ether oxygens (including phenoxy) is 3. The second-order valence-electron chi connectivity index (χ2n) is 7.78. The lowest BCUT2D eigenvalue weighted by molar-refractivity contribution is 0.0271. The number of benzene rings is 2. The van der Waals surface area contributed by atoms with Gasteiger partial charge >= 0.3 is 0 Å². The molecule has 1 unspecified atom stereocenters. The zero-order chi connectivity index (χ0) is 25.7. The van der Waals surface area contributed by atoms with E-state index in [0.717, 1.165) is 0 Å². The van der Waals surface area contributed by atoms with E-state index in [4.69, 9.17) is 19.6 Å². The number of amides is 2. The second kappa shape index (κ2) is 10.9. The van der Waals surface area contributed by atoms with Crippen molar-refractivity contribution in [1.29, 1.82) is 5.41 Å². The van der Waals surface area contributed by atoms with Crippen LogP contribution >= 0.6 is 0 Å². The van der Waals surface area contributed by atoms with E-state index in [1.54, 1.807) is 27.9 Å². The third-order valence-electron chi connectivity index (χ3n) is 5.08. The van der Waals surface area contributed by atoms with Crippen LogP contribution in [0.4, 0.5) is 4.39 Å². The van der Waals surface area contributed by atoms with E-state index in [-0.39, 0.29) is 52.5 Å². The number of amidine groups is 1. The molecule has 0 saturated heterocycles. The maximum Gasteiger partial charge on any atom is 0.260 e. The summed E-state index contributed by atoms with van der Waals surface area (Å²) in [5.74, 6) is -2.24. The van der Waals surface area contributed by atoms with Crippen LogP contribution in [0.5, 0.6) is 23.0 Å². The number of halogens is 1. The SMILES string of the molecule is CN/C=C\C(=N)NC(=O)c1cc(Oc2ccc3c(c2F)OC(C)N(C)C3=O)cc(O[C@@H](C)CO)c1. The molecule has 0 aliphatic carbocycles. The lowest BCUT2D eigenvalue weighted by Gasteiger charge is -2.32. The van der Waals surface area contributed by atoms with Gasteiger partial charge in [-0.2, -0.15) is 4.39 Å². The van der Waals surface area contributed by atoms with Gasteiger partial charge in [-0.15, -0.1) is 0 Å². The fourth-order valence-electron chi connectivity index (χ4n) is 3.13. The first-order valence-electron chi connectivity index (χ1n) is 10.7. The predicted molar refractivity (Wildman–Crippen MR) is 126 cm³/mol. The van der Waals surface area contributed by atoms with Crippen molar-refractivity contribution in [3.05, 3.63) is 59.6 Å². The molecule has 0 radical (unpaired) electrons. The summed E-state index contributed by atoms with van der Waals surface area (Å²) in [5.41, 5.74) is 0.141. The molecule has 35 heavy (non-hydrogen) atoms. The molecule has 2 aromatic carbocycles. The first-order valence-corrected chi connectivity index (χ1v) is 10.7. The van der Waals surface area contributed by atoms with Crippen molar-refractivity contribution in [2.45, 2.75) is 26.2 Å². The Balaban J connectivity index is 1.94. The Bertz CT molecular complexity index is 1170. The van der Waals surface area contributed by atoms with E-state index >= 15 is 4.39 Å². The Morgan fingerprint density at radius 2 is 2.06 bits per heavy atom. The highest BCUT2D eigenvalue weighted by Crippen LogP contribution is 2.38. The van der Waals surface area contributed by atoms with Crippen LogP contribution < -0.4 is 24.8 Å². The van der Waals surface area contributed by atoms with E-state index in [9.17, 15) is 14.7 Å². The van der Waals surface area contributed by atoms with E-state index < -0.39 is 24.1 Å². The van der Waals surface area contributed by atoms with Crippen LogP contribution in [0, 0.1) is 11.2 Å². The predicted octanol–water partition coefficient (Wildman–Crippen LogP) is 2.63. The van der Waals surface area contributed by atoms with Crippen molar-refractivity contribution in [3.63, 3.8) is 0 Å². The standard InChI is InChI=1S/C24H27FN4O6/c1-13(12-30)33-16-9-15(23(31)28-20(26)7-8-27-3)10-17(11-16)35-19-6-5-18-22(21(19)25)34-14(2)29(4)24(18)32/h5-11,13-14,27,30H,12H2,1-4H3,(H2,26,28,31)/b8-7-/t13-,14?/m0/s1. The molecule has 1 heterocycles. The van der Waals surface area contributed by atoms with E-state index in [0.29, 0.717) is 0 Å². The second-order valence-corrected chi connectivity index (χ2v) is 7.78. The Morgan fingerprint density at radius 3 is 2.74 bits per heavy atom. The molecule has 0 saturated carbocycles. The average molecular weight is 487 g/mol. The maximum absolute atomic E-state index is 15.2. The molecule has 1 aliphatic rings. The van der Waals surface area contributed by atoms with Crippen LogP contribution in [0.1, 0.15) is 34.6 Å². The summed E-state index contributed by atoms with van der Waals surface area (Å²) in [6.45, 7) is 2.97. The van der Waals surface area contributed by atoms with Gasteiger partial charge in [0, 0.05) is 25.7 Å². The van der Waals surface area contributed by atoms with Gasteiger partial charge in [0.05, 0.1) is 12.2 Å². The van der Waals surface area contributed by atoms with Crippen LogP contribution in [0.15, 0.2) is 42.6 Å². The molecule has 10 nitrogen and oxygen atoms in total. The lowest BCUT2D eigenvalue weighted by Crippen LogP contribution is -2.43. The summed E-state index contributed by atoms with van der Waals surface area (Å²) in [7, 11) is 3.20. The number of nitrogens with one attached hydrogen (secondary N) is 3. The van der Waals surface area contributed by atoms with Gasteiger partial charge in [0.2, 0.25) is 5.82 Å². The van der Waals surface area contributed by atoms with Crippen molar-refractivity contribution in [3.8, 4) is 23.0 Å². The Labute approximate surface area is 201 Å². The summed E-state index contributed by atoms with van der Waals surface area (Å²) in [6, 6.07) is 6.88. The van der Waals surface area contributed by atoms with Crippen molar-refractivity contribution in [2.24, 2.45) is 0 Å². The van der Waals surface area contributed by atoms with E-state index in [1.807, 2.05) is 0 Å². The Kier molecular flexibility index (Phi) is 7.92. The Hall–Kier alpha value is -4.12. The molecular weight excluding hydrogens is 459 g/mol. The van der Waals surface area contributed by atoms with Crippen molar-refractivity contribution < 1.29 is 33.3 Å². The van der Waals surface area contributed by atoms with Crippen LogP contribution in [-0.4, -0.2) is 60.7 Å². The molecule has 2 amide bonds. The van der Waals surface area contributed by atoms with Gasteiger partial charge in [-0.1, -0.05) is 0 Å². The molecule has 1 aliphatic heterocycles. The summed E-state index contributed by atoms with van der Waals surface area (Å²) in [6.07, 6.45) is 1.57. The summed E-state index contributed by atoms with van der Waals surface area (Å²) in [4.78, 5) is 26.5. The first-order chi connectivity index (χ1) is 16.6. The maximum atomic E-state index is 15.2. The number of aliphatic hydroxyl groups is 1. The number of carbonyl (C=O) groups is 2. The molecule has 0 spiro atoms. The summed E-state index contributed by atoms with van der Waals surface area (Å²) < 4.78 is 32.1. The van der Waals surface area contributed by atoms with Gasteiger partial charge in [-0.25, -0.2) is 0 Å². The monoisotopic (exact) mass is 486 g/mol. The van der Waals surface area contributed by atoms with Gasteiger partial charge in [0.1, 0.15) is 23.4 Å². The third-order valence-corrected chi connectivity index (χ3v) is 5.08. The zero-order valence-electron chi connectivity index (χ0n) is 19.7. The molecular formula is C24H27FN4O6. The van der Waals surface area contributed by atoms with Gasteiger partial charge in [0.15, 0.2) is 17.7 Å². The molecule has 4 N–H and O–H groups in total. The number of hydrogen-bond donors (Lipinski definition) is 4. The molecule has 0 bridgehead atoms. The number of carbonyl (C=O) groups excluding carboxylic acids is 2. The molecule has 11 heteroatoms. The molecule has 2 atom stereocenters. The fraction of sp³-hybridized carbons (Fsp3) is 0.292. The molecule has 0 aromatic heterocycles. The highest BCUT2D eigenvalue weighted by atomic mass is 19.1. The minimum atomic E-state index is -0.865. The highest BCUT2D eigenvalue weighted by Gasteiger charge is 2.32. The smallest absolute Gasteiger partial charge is 0.260 e. The van der Waals surface area contributed by atoms with Gasteiger partial charge < -0.3 is 34.9 Å². The van der Waals surface area contributed by atoms with Gasteiger partial charge in [-0.05, 0) is 50.4 Å². The average Bonchev–Trinajstić information content (AvgIpc) is 2.83. The van der Waals surface area contributed by atoms with Crippen molar-refractivity contribution >= 4 is 17.6 Å². The topological polar surface area (TPSA) is 133 Å². The van der Waals surface area contributed by atoms with Crippen LogP contribution in [-0.2, 0) is 0 Å². The Morgan fingerprint density at radius 1 is 1.34 bits per heavy atom. The quantitative estimate of drug-likeness (QED) is 0.333. The summed E-state index contributed by atoms with van der Waals surface area (Å²) >= 11 is 0. The number of nitrogens with zero attached hydrogens (tertiary/aromatic N) is 1. The number of rotatable bonds is 8. The van der Waals surface area contributed by atoms with Crippen LogP contribution in [0.2, 0.25) is 0 Å². The van der Waals surface area contributed by atoms with Gasteiger partial charge in [-0.3, -0.25) is 15.0 Å². The fourth-order valence-corrected chi connectivity index (χ4v) is 3.13. The minimum absolute atomic E-state index is 0.0567.